The molecule has 3 aromatic rings. The Hall–Kier alpha value is -3.05. The van der Waals surface area contributed by atoms with E-state index in [1.165, 1.54) is 6.07 Å². The molecule has 1 saturated heterocycles. The molecule has 27 heavy (non-hydrogen) atoms. The number of carbonyl (C=O) groups excluding carboxylic acids is 1. The largest absolute Gasteiger partial charge is 0.437 e. The van der Waals surface area contributed by atoms with Crippen LogP contribution < -0.4 is 38.4 Å². The number of nitrogens with one attached hydrogen (secondary N) is 5. The van der Waals surface area contributed by atoms with Crippen LogP contribution in [0.4, 0.5) is 5.82 Å². The molecule has 0 spiro atoms. The van der Waals surface area contributed by atoms with Gasteiger partial charge in [-0.25, -0.2) is 10.9 Å². The van der Waals surface area contributed by atoms with E-state index < -0.39 is 12.2 Å². The number of anilines is 1. The van der Waals surface area contributed by atoms with Gasteiger partial charge in [-0.05, 0) is 29.7 Å². The summed E-state index contributed by atoms with van der Waals surface area (Å²) in [7, 11) is 0. The molecule has 1 aliphatic heterocycles. The van der Waals surface area contributed by atoms with Gasteiger partial charge in [-0.15, -0.1) is 0 Å². The summed E-state index contributed by atoms with van der Waals surface area (Å²) >= 11 is 0. The lowest BCUT2D eigenvalue weighted by molar-refractivity contribution is 0.0927. The lowest BCUT2D eigenvalue weighted by Crippen LogP contribution is -2.49. The maximum Gasteiger partial charge on any atom is 0.257 e. The zero-order valence-electron chi connectivity index (χ0n) is 14.7. The highest BCUT2D eigenvalue weighted by Gasteiger charge is 2.21. The van der Waals surface area contributed by atoms with Crippen molar-refractivity contribution in [1.82, 2.24) is 32.2 Å². The third-order valence-electron chi connectivity index (χ3n) is 4.40. The van der Waals surface area contributed by atoms with E-state index in [1.54, 1.807) is 6.07 Å². The van der Waals surface area contributed by atoms with Crippen LogP contribution in [0.5, 0.6) is 0 Å². The van der Waals surface area contributed by atoms with Gasteiger partial charge in [-0.2, -0.15) is 16.1 Å². The summed E-state index contributed by atoms with van der Waals surface area (Å²) in [5.41, 5.74) is 17.9. The topological polar surface area (TPSA) is 146 Å². The molecule has 7 N–H and O–H groups in total. The molecule has 0 saturated carbocycles. The van der Waals surface area contributed by atoms with E-state index >= 15 is 0 Å². The second kappa shape index (κ2) is 6.59. The number of hydrazine groups is 3. The maximum atomic E-state index is 13.0. The molecule has 140 valence electrons. The Balaban J connectivity index is 1.83. The zero-order chi connectivity index (χ0) is 19.1. The van der Waals surface area contributed by atoms with Gasteiger partial charge in [0.1, 0.15) is 11.4 Å². The second-order valence-corrected chi connectivity index (χ2v) is 6.56. The number of carbonyl (C=O) groups is 1. The van der Waals surface area contributed by atoms with E-state index in [9.17, 15) is 9.59 Å². The van der Waals surface area contributed by atoms with E-state index in [0.717, 1.165) is 5.56 Å². The number of aromatic nitrogens is 1. The minimum Gasteiger partial charge on any atom is -0.437 e. The predicted molar refractivity (Wildman–Crippen MR) is 100 cm³/mol. The number of amides is 1. The first-order chi connectivity index (χ1) is 12.9. The Morgan fingerprint density at radius 2 is 1.96 bits per heavy atom. The number of nitrogens with two attached hydrogens (primary N) is 1. The van der Waals surface area contributed by atoms with Crippen LogP contribution in [0.1, 0.15) is 35.7 Å². The molecular formula is C17H19N7O3. The van der Waals surface area contributed by atoms with Crippen molar-refractivity contribution in [2.75, 3.05) is 5.73 Å². The number of hydrogen-bond donors (Lipinski definition) is 6. The lowest BCUT2D eigenvalue weighted by atomic mass is 10.0. The van der Waals surface area contributed by atoms with Crippen molar-refractivity contribution in [3.05, 3.63) is 45.6 Å². The average molecular weight is 369 g/mol. The Kier molecular flexibility index (Phi) is 4.24. The third kappa shape index (κ3) is 3.11. The minimum absolute atomic E-state index is 0.0276. The van der Waals surface area contributed by atoms with Crippen molar-refractivity contribution in [2.45, 2.75) is 26.1 Å². The average Bonchev–Trinajstić information content (AvgIpc) is 3.14. The highest BCUT2D eigenvalue weighted by atomic mass is 16.3. The van der Waals surface area contributed by atoms with Crippen LogP contribution in [-0.4, -0.2) is 17.2 Å². The molecule has 0 atom stereocenters. The smallest absolute Gasteiger partial charge is 0.257 e. The summed E-state index contributed by atoms with van der Waals surface area (Å²) in [6, 6.07) is 6.89. The lowest BCUT2D eigenvalue weighted by Gasteiger charge is -2.13. The van der Waals surface area contributed by atoms with Gasteiger partial charge in [0.15, 0.2) is 6.29 Å². The molecule has 0 bridgehead atoms. The first-order valence-corrected chi connectivity index (χ1v) is 8.43. The quantitative estimate of drug-likeness (QED) is 0.356. The molecular weight excluding hydrogens is 350 g/mol. The van der Waals surface area contributed by atoms with Gasteiger partial charge in [-0.3, -0.25) is 9.59 Å². The SMILES string of the molecule is CC(C)c1ccc2oc3nc(N)c(C(=O)NC4NNNN4)cc3c(=O)c2c1. The fraction of sp³-hybridized carbons (Fsp3) is 0.235. The predicted octanol–water partition coefficient (Wildman–Crippen LogP) is 0.177. The van der Waals surface area contributed by atoms with Gasteiger partial charge in [0, 0.05) is 0 Å². The van der Waals surface area contributed by atoms with Crippen molar-refractivity contribution < 1.29 is 9.21 Å². The van der Waals surface area contributed by atoms with E-state index in [4.69, 9.17) is 10.2 Å². The summed E-state index contributed by atoms with van der Waals surface area (Å²) in [6.07, 6.45) is -0.561. The minimum atomic E-state index is -0.561. The second-order valence-electron chi connectivity index (χ2n) is 6.56. The van der Waals surface area contributed by atoms with Gasteiger partial charge in [0.25, 0.3) is 5.91 Å². The molecule has 10 nitrogen and oxygen atoms in total. The Morgan fingerprint density at radius 1 is 1.22 bits per heavy atom. The summed E-state index contributed by atoms with van der Waals surface area (Å²) in [6.45, 7) is 4.09. The van der Waals surface area contributed by atoms with Crippen LogP contribution in [-0.2, 0) is 0 Å². The van der Waals surface area contributed by atoms with Gasteiger partial charge in [0.05, 0.1) is 16.3 Å². The van der Waals surface area contributed by atoms with E-state index in [1.807, 2.05) is 26.0 Å². The molecule has 1 fully saturated rings. The first kappa shape index (κ1) is 17.4. The van der Waals surface area contributed by atoms with Crippen molar-refractivity contribution in [2.24, 2.45) is 0 Å². The highest BCUT2D eigenvalue weighted by Crippen LogP contribution is 2.24. The summed E-state index contributed by atoms with van der Waals surface area (Å²) in [5, 5.41) is 3.29. The molecule has 0 unspecified atom stereocenters. The van der Waals surface area contributed by atoms with Gasteiger partial charge in [-0.1, -0.05) is 19.9 Å². The summed E-state index contributed by atoms with van der Waals surface area (Å²) < 4.78 is 5.74. The molecule has 0 aliphatic carbocycles. The molecule has 1 aromatic carbocycles. The normalized spacial score (nSPS) is 15.1. The fourth-order valence-corrected chi connectivity index (χ4v) is 2.89. The standard InChI is InChI=1S/C17H19N7O3/c1-7(2)8-3-4-12-9(5-8)13(25)10-6-11(14(18)19-16(10)27-12)15(26)20-17-21-23-24-22-17/h3-7,17,21-24H,1-2H3,(H2,18,19)(H,20,26). The Bertz CT molecular complexity index is 1100. The Morgan fingerprint density at radius 3 is 2.67 bits per heavy atom. The van der Waals surface area contributed by atoms with E-state index in [2.05, 4.69) is 32.2 Å². The number of pyridine rings is 1. The van der Waals surface area contributed by atoms with Crippen LogP contribution in [0, 0.1) is 0 Å². The van der Waals surface area contributed by atoms with Crippen LogP contribution in [0.15, 0.2) is 33.5 Å². The first-order valence-electron chi connectivity index (χ1n) is 8.43. The number of fused-ring (bicyclic) bond motifs is 2. The fourth-order valence-electron chi connectivity index (χ4n) is 2.89. The van der Waals surface area contributed by atoms with Crippen LogP contribution in [0.3, 0.4) is 0 Å². The molecule has 10 heteroatoms. The highest BCUT2D eigenvalue weighted by molar-refractivity contribution is 6.02. The summed E-state index contributed by atoms with van der Waals surface area (Å²) in [5.74, 6) is -0.253. The van der Waals surface area contributed by atoms with E-state index in [0.29, 0.717) is 11.0 Å². The van der Waals surface area contributed by atoms with Crippen molar-refractivity contribution >= 4 is 33.8 Å². The maximum absolute atomic E-state index is 13.0. The number of hydrogen-bond acceptors (Lipinski definition) is 9. The number of nitrogen functional groups attached to an aromatic ring is 1. The van der Waals surface area contributed by atoms with Crippen LogP contribution in [0.2, 0.25) is 0 Å². The van der Waals surface area contributed by atoms with Gasteiger partial charge in [0.2, 0.25) is 11.1 Å². The Labute approximate surface area is 153 Å². The zero-order valence-corrected chi connectivity index (χ0v) is 14.7. The number of rotatable bonds is 3. The van der Waals surface area contributed by atoms with Crippen LogP contribution in [0.25, 0.3) is 22.1 Å². The monoisotopic (exact) mass is 369 g/mol. The van der Waals surface area contributed by atoms with Crippen molar-refractivity contribution in [3.63, 3.8) is 0 Å². The number of benzene rings is 1. The molecule has 0 radical (unpaired) electrons. The van der Waals surface area contributed by atoms with E-state index in [-0.39, 0.29) is 33.8 Å². The number of nitrogens with zero attached hydrogens (tertiary/aromatic N) is 1. The molecule has 2 aromatic heterocycles. The van der Waals surface area contributed by atoms with Gasteiger partial charge < -0.3 is 15.5 Å². The summed E-state index contributed by atoms with van der Waals surface area (Å²) in [4.78, 5) is 29.6. The van der Waals surface area contributed by atoms with Crippen molar-refractivity contribution in [3.8, 4) is 0 Å². The molecule has 3 heterocycles. The molecule has 1 aliphatic rings. The molecule has 1 amide bonds. The van der Waals surface area contributed by atoms with Gasteiger partial charge >= 0.3 is 0 Å². The van der Waals surface area contributed by atoms with Crippen molar-refractivity contribution in [1.29, 1.82) is 0 Å². The molecule has 4 rings (SSSR count). The third-order valence-corrected chi connectivity index (χ3v) is 4.40. The van der Waals surface area contributed by atoms with Crippen LogP contribution >= 0.6 is 0 Å².